The van der Waals surface area contributed by atoms with Crippen molar-refractivity contribution in [3.63, 3.8) is 0 Å². The van der Waals surface area contributed by atoms with E-state index in [9.17, 15) is 9.59 Å². The summed E-state index contributed by atoms with van der Waals surface area (Å²) in [6.45, 7) is 2.74. The molecule has 0 spiro atoms. The van der Waals surface area contributed by atoms with Crippen molar-refractivity contribution in [3.05, 3.63) is 0 Å². The highest BCUT2D eigenvalue weighted by Crippen LogP contribution is 2.13. The fourth-order valence-corrected chi connectivity index (χ4v) is 1.37. The molecule has 0 aliphatic heterocycles. The highest BCUT2D eigenvalue weighted by atomic mass is 32.2. The zero-order chi connectivity index (χ0) is 10.7. The van der Waals surface area contributed by atoms with Gasteiger partial charge in [0.1, 0.15) is 0 Å². The van der Waals surface area contributed by atoms with Crippen LogP contribution in [-0.2, 0) is 4.79 Å². The summed E-state index contributed by atoms with van der Waals surface area (Å²) in [5.74, 6) is -0.353. The number of nitrogens with one attached hydrogen (secondary N) is 1. The molecule has 0 fully saturated rings. The molecule has 14 heavy (non-hydrogen) atoms. The third kappa shape index (κ3) is 2.32. The molecule has 76 valence electrons. The normalized spacial score (nSPS) is 9.93. The molecule has 0 saturated heterocycles. The summed E-state index contributed by atoms with van der Waals surface area (Å²) in [5, 5.41) is 6.69. The minimum absolute atomic E-state index is 0.150. The molecule has 1 N–H and O–H groups in total. The molecule has 1 aromatic rings. The van der Waals surface area contributed by atoms with Crippen LogP contribution in [0.1, 0.15) is 18.6 Å². The molecule has 0 unspecified atom stereocenters. The summed E-state index contributed by atoms with van der Waals surface area (Å²) in [6, 6.07) is 0. The lowest BCUT2D eigenvalue weighted by atomic mass is 10.7. The SMILES string of the molecule is CSc1nc(NC(C)=O)nn1C(C)=O. The lowest BCUT2D eigenvalue weighted by Gasteiger charge is -1.94. The molecule has 7 heteroatoms. The second-order valence-electron chi connectivity index (χ2n) is 2.53. The van der Waals surface area contributed by atoms with Gasteiger partial charge in [0.25, 0.3) is 0 Å². The molecule has 0 aliphatic rings. The number of anilines is 1. The zero-order valence-corrected chi connectivity index (χ0v) is 8.88. The Hall–Kier alpha value is -1.37. The number of carbonyl (C=O) groups excluding carboxylic acids is 2. The summed E-state index contributed by atoms with van der Waals surface area (Å²) in [6.07, 6.45) is 1.78. The first-order valence-corrected chi connectivity index (χ1v) is 5.06. The van der Waals surface area contributed by atoms with Crippen molar-refractivity contribution in [2.75, 3.05) is 11.6 Å². The molecule has 1 rings (SSSR count). The average molecular weight is 214 g/mol. The van der Waals surface area contributed by atoms with Gasteiger partial charge in [-0.1, -0.05) is 11.8 Å². The molecule has 1 aromatic heterocycles. The van der Waals surface area contributed by atoms with Crippen molar-refractivity contribution in [1.29, 1.82) is 0 Å². The number of rotatable bonds is 2. The van der Waals surface area contributed by atoms with Gasteiger partial charge in [0, 0.05) is 13.8 Å². The van der Waals surface area contributed by atoms with E-state index in [2.05, 4.69) is 15.4 Å². The first kappa shape index (κ1) is 10.7. The van der Waals surface area contributed by atoms with Crippen LogP contribution in [0.5, 0.6) is 0 Å². The van der Waals surface area contributed by atoms with E-state index in [1.54, 1.807) is 6.26 Å². The van der Waals surface area contributed by atoms with Gasteiger partial charge in [0.05, 0.1) is 0 Å². The van der Waals surface area contributed by atoms with Crippen molar-refractivity contribution in [2.24, 2.45) is 0 Å². The first-order valence-electron chi connectivity index (χ1n) is 3.84. The smallest absolute Gasteiger partial charge is 0.250 e. The van der Waals surface area contributed by atoms with Gasteiger partial charge in [-0.05, 0) is 6.26 Å². The van der Waals surface area contributed by atoms with Crippen molar-refractivity contribution in [2.45, 2.75) is 19.0 Å². The van der Waals surface area contributed by atoms with Crippen LogP contribution in [0.25, 0.3) is 0 Å². The van der Waals surface area contributed by atoms with Crippen LogP contribution in [0.4, 0.5) is 5.95 Å². The number of thioether (sulfide) groups is 1. The monoisotopic (exact) mass is 214 g/mol. The lowest BCUT2D eigenvalue weighted by molar-refractivity contribution is -0.114. The van der Waals surface area contributed by atoms with Crippen LogP contribution in [0.3, 0.4) is 0 Å². The van der Waals surface area contributed by atoms with Crippen LogP contribution in [-0.4, -0.2) is 32.8 Å². The molecule has 0 bridgehead atoms. The molecular formula is C7H10N4O2S. The summed E-state index contributed by atoms with van der Waals surface area (Å²) in [7, 11) is 0. The zero-order valence-electron chi connectivity index (χ0n) is 8.07. The topological polar surface area (TPSA) is 76.9 Å². The van der Waals surface area contributed by atoms with Crippen LogP contribution in [0.2, 0.25) is 0 Å². The van der Waals surface area contributed by atoms with Crippen LogP contribution >= 0.6 is 11.8 Å². The quantitative estimate of drug-likeness (QED) is 0.730. The Morgan fingerprint density at radius 1 is 1.43 bits per heavy atom. The number of carbonyl (C=O) groups is 2. The molecule has 0 atom stereocenters. The third-order valence-corrected chi connectivity index (χ3v) is 1.98. The van der Waals surface area contributed by atoms with Gasteiger partial charge < -0.3 is 0 Å². The highest BCUT2D eigenvalue weighted by molar-refractivity contribution is 7.98. The van der Waals surface area contributed by atoms with Gasteiger partial charge >= 0.3 is 0 Å². The maximum Gasteiger partial charge on any atom is 0.250 e. The summed E-state index contributed by atoms with van der Waals surface area (Å²) < 4.78 is 1.15. The number of hydrogen-bond donors (Lipinski definition) is 1. The van der Waals surface area contributed by atoms with E-state index in [1.807, 2.05) is 0 Å². The van der Waals surface area contributed by atoms with Crippen LogP contribution in [0, 0.1) is 0 Å². The first-order chi connectivity index (χ1) is 6.54. The Morgan fingerprint density at radius 2 is 2.07 bits per heavy atom. The van der Waals surface area contributed by atoms with Gasteiger partial charge in [-0.2, -0.15) is 9.67 Å². The highest BCUT2D eigenvalue weighted by Gasteiger charge is 2.12. The largest absolute Gasteiger partial charge is 0.293 e. The lowest BCUT2D eigenvalue weighted by Crippen LogP contribution is -2.11. The van der Waals surface area contributed by atoms with E-state index in [0.29, 0.717) is 5.16 Å². The van der Waals surface area contributed by atoms with Gasteiger partial charge in [0.15, 0.2) is 5.16 Å². The Kier molecular flexibility index (Phi) is 3.23. The number of amides is 1. The molecule has 1 heterocycles. The minimum Gasteiger partial charge on any atom is -0.293 e. The van der Waals surface area contributed by atoms with Crippen LogP contribution < -0.4 is 5.32 Å². The predicted molar refractivity (Wildman–Crippen MR) is 52.4 cm³/mol. The summed E-state index contributed by atoms with van der Waals surface area (Å²) >= 11 is 1.29. The second-order valence-corrected chi connectivity index (χ2v) is 3.31. The van der Waals surface area contributed by atoms with E-state index in [4.69, 9.17) is 0 Å². The maximum atomic E-state index is 11.1. The molecular weight excluding hydrogens is 204 g/mol. The van der Waals surface area contributed by atoms with Crippen molar-refractivity contribution < 1.29 is 9.59 Å². The fourth-order valence-electron chi connectivity index (χ4n) is 0.845. The predicted octanol–water partition coefficient (Wildman–Crippen LogP) is 0.619. The van der Waals surface area contributed by atoms with Gasteiger partial charge in [-0.15, -0.1) is 5.10 Å². The second kappa shape index (κ2) is 4.23. The standard InChI is InChI=1S/C7H10N4O2S/c1-4(12)8-6-9-7(14-3)11(10-6)5(2)13/h1-3H3,(H,8,10,12). The van der Waals surface area contributed by atoms with Crippen molar-refractivity contribution >= 4 is 29.5 Å². The van der Waals surface area contributed by atoms with Crippen LogP contribution in [0.15, 0.2) is 5.16 Å². The Balaban J connectivity index is 3.00. The van der Waals surface area contributed by atoms with E-state index < -0.39 is 0 Å². The van der Waals surface area contributed by atoms with Crippen molar-refractivity contribution in [3.8, 4) is 0 Å². The van der Waals surface area contributed by atoms with Gasteiger partial charge in [-0.3, -0.25) is 14.9 Å². The van der Waals surface area contributed by atoms with E-state index >= 15 is 0 Å². The molecule has 0 aromatic carbocycles. The minimum atomic E-state index is -0.265. The Bertz CT molecular complexity index is 374. The number of nitrogens with zero attached hydrogens (tertiary/aromatic N) is 3. The summed E-state index contributed by atoms with van der Waals surface area (Å²) in [5.41, 5.74) is 0. The fraction of sp³-hybridized carbons (Fsp3) is 0.429. The molecule has 0 radical (unpaired) electrons. The molecule has 0 aliphatic carbocycles. The van der Waals surface area contributed by atoms with E-state index in [1.165, 1.54) is 25.6 Å². The summed E-state index contributed by atoms with van der Waals surface area (Å²) in [4.78, 5) is 25.7. The van der Waals surface area contributed by atoms with E-state index in [-0.39, 0.29) is 17.8 Å². The Labute approximate surface area is 85.1 Å². The Morgan fingerprint density at radius 3 is 2.43 bits per heavy atom. The van der Waals surface area contributed by atoms with Gasteiger partial charge in [-0.25, -0.2) is 0 Å². The van der Waals surface area contributed by atoms with E-state index in [0.717, 1.165) is 4.68 Å². The molecule has 6 nitrogen and oxygen atoms in total. The number of hydrogen-bond acceptors (Lipinski definition) is 5. The average Bonchev–Trinajstić information content (AvgIpc) is 2.46. The maximum absolute atomic E-state index is 11.1. The van der Waals surface area contributed by atoms with Gasteiger partial charge in [0.2, 0.25) is 17.8 Å². The third-order valence-electron chi connectivity index (χ3n) is 1.35. The van der Waals surface area contributed by atoms with Crippen molar-refractivity contribution in [1.82, 2.24) is 14.8 Å². The number of aromatic nitrogens is 3. The molecule has 1 amide bonds. The molecule has 0 saturated carbocycles.